The molecule has 0 bridgehead atoms. The van der Waals surface area contributed by atoms with Crippen molar-refractivity contribution in [2.24, 2.45) is 34.5 Å². The Labute approximate surface area is 239 Å². The maximum Gasteiger partial charge on any atom is 0.308 e. The first kappa shape index (κ1) is 33.0. The van der Waals surface area contributed by atoms with Gasteiger partial charge >= 0.3 is 11.9 Å². The highest BCUT2D eigenvalue weighted by molar-refractivity contribution is 5.71. The van der Waals surface area contributed by atoms with Crippen LogP contribution in [0.25, 0.3) is 0 Å². The fourth-order valence-corrected chi connectivity index (χ4v) is 7.52. The smallest absolute Gasteiger partial charge is 0.308 e. The summed E-state index contributed by atoms with van der Waals surface area (Å²) < 4.78 is 23.3. The Kier molecular flexibility index (Phi) is 10.5. The molecule has 1 aliphatic heterocycles. The molecule has 230 valence electrons. The van der Waals surface area contributed by atoms with Gasteiger partial charge in [-0.2, -0.15) is 0 Å². The van der Waals surface area contributed by atoms with Crippen LogP contribution < -0.4 is 0 Å². The first-order chi connectivity index (χ1) is 18.5. The zero-order valence-corrected chi connectivity index (χ0v) is 25.8. The molecule has 0 amide bonds. The topological polar surface area (TPSA) is 132 Å². The lowest BCUT2D eigenvalue weighted by Gasteiger charge is -2.61. The van der Waals surface area contributed by atoms with Gasteiger partial charge in [-0.15, -0.1) is 0 Å². The summed E-state index contributed by atoms with van der Waals surface area (Å²) in [6.45, 7) is 16.0. The maximum absolute atomic E-state index is 12.9. The summed E-state index contributed by atoms with van der Waals surface area (Å²) in [7, 11) is 1.41. The molecule has 1 heterocycles. The van der Waals surface area contributed by atoms with E-state index in [2.05, 4.69) is 40.7 Å². The molecule has 0 aromatic rings. The SMILES string of the molecule is COC(=O)CC(C)CCC1C(C)=CCC2C(C)(C)C(OC(=O)C(C)C)C(OC3OC(C)C(O)C(O)C3O)CC12C. The van der Waals surface area contributed by atoms with Crippen LogP contribution in [0, 0.1) is 34.5 Å². The molecule has 0 spiro atoms. The zero-order chi connectivity index (χ0) is 30.2. The van der Waals surface area contributed by atoms with Crippen molar-refractivity contribution in [2.45, 2.75) is 130 Å². The largest absolute Gasteiger partial charge is 0.469 e. The van der Waals surface area contributed by atoms with E-state index < -0.39 is 48.3 Å². The summed E-state index contributed by atoms with van der Waals surface area (Å²) >= 11 is 0. The molecule has 9 nitrogen and oxygen atoms in total. The summed E-state index contributed by atoms with van der Waals surface area (Å²) in [4.78, 5) is 24.8. The molecule has 2 aliphatic carbocycles. The van der Waals surface area contributed by atoms with Crippen LogP contribution in [0.5, 0.6) is 0 Å². The third-order valence-electron chi connectivity index (χ3n) is 9.95. The molecule has 40 heavy (non-hydrogen) atoms. The average molecular weight is 569 g/mol. The number of fused-ring (bicyclic) bond motifs is 1. The van der Waals surface area contributed by atoms with Crippen LogP contribution in [-0.4, -0.2) is 77.3 Å². The second kappa shape index (κ2) is 12.8. The lowest BCUT2D eigenvalue weighted by Crippen LogP contribution is -2.64. The van der Waals surface area contributed by atoms with Crippen molar-refractivity contribution in [3.8, 4) is 0 Å². The second-order valence-electron chi connectivity index (χ2n) is 13.7. The quantitative estimate of drug-likeness (QED) is 0.281. The minimum Gasteiger partial charge on any atom is -0.469 e. The number of esters is 2. The van der Waals surface area contributed by atoms with Crippen molar-refractivity contribution in [2.75, 3.05) is 7.11 Å². The first-order valence-electron chi connectivity index (χ1n) is 14.8. The molecule has 0 aromatic carbocycles. The predicted molar refractivity (Wildman–Crippen MR) is 149 cm³/mol. The average Bonchev–Trinajstić information content (AvgIpc) is 2.87. The minimum atomic E-state index is -1.45. The highest BCUT2D eigenvalue weighted by atomic mass is 16.7. The normalized spacial score (nSPS) is 40.1. The number of carbonyl (C=O) groups excluding carboxylic acids is 2. The minimum absolute atomic E-state index is 0.174. The van der Waals surface area contributed by atoms with Gasteiger partial charge in [-0.3, -0.25) is 9.59 Å². The van der Waals surface area contributed by atoms with Crippen LogP contribution >= 0.6 is 0 Å². The third kappa shape index (κ3) is 6.59. The molecule has 11 atom stereocenters. The van der Waals surface area contributed by atoms with Crippen molar-refractivity contribution in [1.82, 2.24) is 0 Å². The Morgan fingerprint density at radius 1 is 1.10 bits per heavy atom. The van der Waals surface area contributed by atoms with E-state index in [1.807, 2.05) is 0 Å². The van der Waals surface area contributed by atoms with Gasteiger partial charge < -0.3 is 34.3 Å². The van der Waals surface area contributed by atoms with Gasteiger partial charge in [-0.05, 0) is 62.7 Å². The molecular weight excluding hydrogens is 516 g/mol. The van der Waals surface area contributed by atoms with E-state index in [0.717, 1.165) is 19.3 Å². The fourth-order valence-electron chi connectivity index (χ4n) is 7.52. The zero-order valence-electron chi connectivity index (χ0n) is 25.8. The van der Waals surface area contributed by atoms with E-state index in [4.69, 9.17) is 18.9 Å². The third-order valence-corrected chi connectivity index (χ3v) is 9.95. The van der Waals surface area contributed by atoms with Crippen molar-refractivity contribution >= 4 is 11.9 Å². The number of allylic oxidation sites excluding steroid dienone is 2. The molecule has 0 aromatic heterocycles. The molecule has 0 radical (unpaired) electrons. The van der Waals surface area contributed by atoms with E-state index in [1.165, 1.54) is 12.7 Å². The molecule has 9 heteroatoms. The Hall–Kier alpha value is -1.52. The van der Waals surface area contributed by atoms with Crippen LogP contribution in [0.15, 0.2) is 11.6 Å². The number of aliphatic hydroxyl groups excluding tert-OH is 3. The van der Waals surface area contributed by atoms with Gasteiger partial charge in [0.25, 0.3) is 0 Å². The second-order valence-corrected chi connectivity index (χ2v) is 13.7. The van der Waals surface area contributed by atoms with Gasteiger partial charge in [0.2, 0.25) is 0 Å². The van der Waals surface area contributed by atoms with Crippen LogP contribution in [0.3, 0.4) is 0 Å². The van der Waals surface area contributed by atoms with E-state index in [1.54, 1.807) is 20.8 Å². The Balaban J connectivity index is 1.95. The summed E-state index contributed by atoms with van der Waals surface area (Å²) in [6.07, 6.45) is -1.45. The standard InChI is InChI=1S/C31H52O9/c1-16(2)28(36)40-27-21(39-29-26(35)25(34)24(33)19(5)38-29)15-31(8)20(12-10-17(3)14-23(32)37-9)18(4)11-13-22(31)30(27,6)7/h11,16-17,19-22,24-27,29,33-35H,10,12-15H2,1-9H3. The molecule has 3 rings (SSSR count). The Morgan fingerprint density at radius 3 is 2.35 bits per heavy atom. The maximum atomic E-state index is 12.9. The molecular formula is C31H52O9. The summed E-state index contributed by atoms with van der Waals surface area (Å²) in [5.74, 6) is -0.286. The predicted octanol–water partition coefficient (Wildman–Crippen LogP) is 3.76. The molecule has 3 aliphatic rings. The fraction of sp³-hybridized carbons (Fsp3) is 0.871. The van der Waals surface area contributed by atoms with Crippen molar-refractivity contribution in [3.63, 3.8) is 0 Å². The number of carbonyl (C=O) groups is 2. The monoisotopic (exact) mass is 568 g/mol. The lowest BCUT2D eigenvalue weighted by atomic mass is 9.46. The Bertz CT molecular complexity index is 930. The number of rotatable bonds is 9. The lowest BCUT2D eigenvalue weighted by molar-refractivity contribution is -0.326. The van der Waals surface area contributed by atoms with E-state index >= 15 is 0 Å². The molecule has 1 saturated heterocycles. The molecule has 2 fully saturated rings. The summed E-state index contributed by atoms with van der Waals surface area (Å²) in [6, 6.07) is 0. The van der Waals surface area contributed by atoms with E-state index in [9.17, 15) is 24.9 Å². The van der Waals surface area contributed by atoms with E-state index in [0.29, 0.717) is 12.8 Å². The van der Waals surface area contributed by atoms with Gasteiger partial charge in [0, 0.05) is 11.8 Å². The van der Waals surface area contributed by atoms with Gasteiger partial charge in [0.1, 0.15) is 24.4 Å². The van der Waals surface area contributed by atoms with E-state index in [-0.39, 0.29) is 41.0 Å². The number of ether oxygens (including phenoxy) is 4. The van der Waals surface area contributed by atoms with Gasteiger partial charge in [0.05, 0.1) is 25.2 Å². The van der Waals surface area contributed by atoms with Crippen molar-refractivity contribution in [3.05, 3.63) is 11.6 Å². The Morgan fingerprint density at radius 2 is 1.75 bits per heavy atom. The molecule has 1 saturated carbocycles. The number of aliphatic hydroxyl groups is 3. The van der Waals surface area contributed by atoms with Gasteiger partial charge in [0.15, 0.2) is 6.29 Å². The van der Waals surface area contributed by atoms with Crippen LogP contribution in [0.4, 0.5) is 0 Å². The molecule has 3 N–H and O–H groups in total. The number of hydrogen-bond acceptors (Lipinski definition) is 9. The van der Waals surface area contributed by atoms with Gasteiger partial charge in [-0.25, -0.2) is 0 Å². The van der Waals surface area contributed by atoms with Crippen molar-refractivity contribution < 1.29 is 43.9 Å². The number of methoxy groups -OCH3 is 1. The van der Waals surface area contributed by atoms with Crippen LogP contribution in [0.2, 0.25) is 0 Å². The first-order valence-corrected chi connectivity index (χ1v) is 14.8. The summed E-state index contributed by atoms with van der Waals surface area (Å²) in [5, 5.41) is 31.4. The summed E-state index contributed by atoms with van der Waals surface area (Å²) in [5.41, 5.74) is 0.582. The highest BCUT2D eigenvalue weighted by Crippen LogP contribution is 2.62. The van der Waals surface area contributed by atoms with Crippen molar-refractivity contribution in [1.29, 1.82) is 0 Å². The molecule has 11 unspecified atom stereocenters. The number of hydrogen-bond donors (Lipinski definition) is 3. The van der Waals surface area contributed by atoms with Crippen LogP contribution in [-0.2, 0) is 28.5 Å². The highest BCUT2D eigenvalue weighted by Gasteiger charge is 2.61. The van der Waals surface area contributed by atoms with Gasteiger partial charge in [-0.1, -0.05) is 53.2 Å². The van der Waals surface area contributed by atoms with Crippen LogP contribution in [0.1, 0.15) is 87.5 Å².